The number of hydrogen-bond acceptors (Lipinski definition) is 8. The zero-order valence-electron chi connectivity index (χ0n) is 29.3. The molecule has 4 aromatic carbocycles. The molecule has 14 heteroatoms. The molecule has 1 N–H and O–H groups in total. The zero-order chi connectivity index (χ0) is 37.5. The highest BCUT2D eigenvalue weighted by Gasteiger charge is 2.37. The molecule has 0 aliphatic carbocycles. The molecule has 270 valence electrons. The number of sulfonamides is 1. The molecule has 0 saturated carbocycles. The quantitative estimate of drug-likeness (QED) is 0.117. The van der Waals surface area contributed by atoms with Crippen molar-refractivity contribution in [2.24, 2.45) is 0 Å². The second-order valence-electron chi connectivity index (χ2n) is 12.9. The van der Waals surface area contributed by atoms with Gasteiger partial charge in [-0.25, -0.2) is 8.42 Å². The highest BCUT2D eigenvalue weighted by molar-refractivity contribution is 7.92. The van der Waals surface area contributed by atoms with Crippen molar-refractivity contribution in [1.29, 1.82) is 0 Å². The molecular formula is C37H41ClN4O8S. The minimum absolute atomic E-state index is 0.0723. The summed E-state index contributed by atoms with van der Waals surface area (Å²) >= 11 is 6.35. The molecule has 0 fully saturated rings. The molecule has 4 rings (SSSR count). The predicted molar refractivity (Wildman–Crippen MR) is 196 cm³/mol. The lowest BCUT2D eigenvalue weighted by Crippen LogP contribution is -2.56. The number of nitro groups is 1. The Morgan fingerprint density at radius 1 is 0.922 bits per heavy atom. The van der Waals surface area contributed by atoms with Gasteiger partial charge < -0.3 is 19.7 Å². The van der Waals surface area contributed by atoms with Crippen LogP contribution in [0.1, 0.15) is 37.5 Å². The summed E-state index contributed by atoms with van der Waals surface area (Å²) in [6.45, 7) is 6.03. The van der Waals surface area contributed by atoms with Gasteiger partial charge in [-0.1, -0.05) is 60.1 Å². The van der Waals surface area contributed by atoms with Crippen LogP contribution in [0.4, 0.5) is 11.4 Å². The smallest absolute Gasteiger partial charge is 0.273 e. The molecule has 0 heterocycles. The molecule has 0 aromatic heterocycles. The summed E-state index contributed by atoms with van der Waals surface area (Å²) in [5.41, 5.74) is 0.472. The molecule has 4 aromatic rings. The Morgan fingerprint density at radius 3 is 2.24 bits per heavy atom. The number of rotatable bonds is 14. The maximum absolute atomic E-state index is 14.8. The van der Waals surface area contributed by atoms with E-state index in [9.17, 15) is 28.1 Å². The summed E-state index contributed by atoms with van der Waals surface area (Å²) in [4.78, 5) is 41.0. The number of nitro benzene ring substituents is 1. The average molecular weight is 737 g/mol. The first kappa shape index (κ1) is 38.7. The average Bonchev–Trinajstić information content (AvgIpc) is 3.08. The number of carbonyl (C=O) groups excluding carboxylic acids is 2. The van der Waals surface area contributed by atoms with Crippen LogP contribution < -0.4 is 19.1 Å². The lowest BCUT2D eigenvalue weighted by Gasteiger charge is -2.35. The Hall–Kier alpha value is -5.14. The lowest BCUT2D eigenvalue weighted by atomic mass is 10.0. The van der Waals surface area contributed by atoms with Crippen molar-refractivity contribution in [2.75, 3.05) is 25.1 Å². The Labute approximate surface area is 303 Å². The van der Waals surface area contributed by atoms with Gasteiger partial charge >= 0.3 is 0 Å². The highest BCUT2D eigenvalue weighted by atomic mass is 35.5. The van der Waals surface area contributed by atoms with E-state index < -0.39 is 55.5 Å². The number of anilines is 1. The van der Waals surface area contributed by atoms with Gasteiger partial charge in [0.1, 0.15) is 24.1 Å². The van der Waals surface area contributed by atoms with E-state index in [2.05, 4.69) is 5.32 Å². The first-order chi connectivity index (χ1) is 24.0. The molecule has 0 radical (unpaired) electrons. The first-order valence-electron chi connectivity index (χ1n) is 15.9. The lowest BCUT2D eigenvalue weighted by molar-refractivity contribution is -0.385. The Morgan fingerprint density at radius 2 is 1.61 bits per heavy atom. The number of nitrogens with zero attached hydrogens (tertiary/aromatic N) is 3. The van der Waals surface area contributed by atoms with Gasteiger partial charge in [-0.3, -0.25) is 24.0 Å². The van der Waals surface area contributed by atoms with Crippen molar-refractivity contribution < 1.29 is 32.4 Å². The van der Waals surface area contributed by atoms with E-state index in [-0.39, 0.29) is 35.0 Å². The summed E-state index contributed by atoms with van der Waals surface area (Å²) in [5, 5.41) is 14.9. The van der Waals surface area contributed by atoms with Crippen molar-refractivity contribution in [1.82, 2.24) is 10.2 Å². The van der Waals surface area contributed by atoms with Gasteiger partial charge in [0.15, 0.2) is 0 Å². The molecule has 0 bridgehead atoms. The van der Waals surface area contributed by atoms with Crippen LogP contribution in [-0.4, -0.2) is 62.4 Å². The van der Waals surface area contributed by atoms with Crippen molar-refractivity contribution in [2.45, 2.75) is 57.1 Å². The fourth-order valence-corrected chi connectivity index (χ4v) is 7.02. The molecular weight excluding hydrogens is 696 g/mol. The summed E-state index contributed by atoms with van der Waals surface area (Å²) in [7, 11) is -1.86. The van der Waals surface area contributed by atoms with Gasteiger partial charge in [-0.15, -0.1) is 0 Å². The number of methoxy groups -OCH3 is 2. The van der Waals surface area contributed by atoms with Crippen molar-refractivity contribution in [3.05, 3.63) is 123 Å². The van der Waals surface area contributed by atoms with E-state index in [1.54, 1.807) is 24.3 Å². The first-order valence-corrected chi connectivity index (χ1v) is 17.8. The van der Waals surface area contributed by atoms with Crippen LogP contribution in [0.25, 0.3) is 0 Å². The Bertz CT molecular complexity index is 2000. The molecule has 12 nitrogen and oxygen atoms in total. The standard InChI is InChI=1S/C37H41ClN4O8S/c1-25-15-17-30(22-31(25)42(45)46)51(47,48)41(32-21-28(38)16-18-34(32)50-6)24-35(43)40(23-27-13-10-14-29(19-27)49-5)33(36(44)39-37(2,3)4)20-26-11-8-7-9-12-26/h7-19,21-22,33H,20,23-24H2,1-6H3,(H,39,44). The fraction of sp³-hybridized carbons (Fsp3) is 0.297. The molecule has 51 heavy (non-hydrogen) atoms. The van der Waals surface area contributed by atoms with Crippen LogP contribution in [0.3, 0.4) is 0 Å². The molecule has 1 unspecified atom stereocenters. The minimum Gasteiger partial charge on any atom is -0.497 e. The van der Waals surface area contributed by atoms with Gasteiger partial charge in [-0.2, -0.15) is 0 Å². The number of aryl methyl sites for hydroxylation is 1. The second kappa shape index (κ2) is 16.3. The van der Waals surface area contributed by atoms with Crippen molar-refractivity contribution in [3.63, 3.8) is 0 Å². The Balaban J connectivity index is 1.92. The van der Waals surface area contributed by atoms with Crippen molar-refractivity contribution >= 4 is 44.8 Å². The normalized spacial score (nSPS) is 12.1. The van der Waals surface area contributed by atoms with E-state index in [0.29, 0.717) is 11.3 Å². The van der Waals surface area contributed by atoms with Crippen LogP contribution in [0, 0.1) is 17.0 Å². The number of carbonyl (C=O) groups is 2. The second-order valence-corrected chi connectivity index (χ2v) is 15.1. The summed E-state index contributed by atoms with van der Waals surface area (Å²) in [6, 6.07) is 22.8. The highest BCUT2D eigenvalue weighted by Crippen LogP contribution is 2.36. The van der Waals surface area contributed by atoms with Crippen molar-refractivity contribution in [3.8, 4) is 11.5 Å². The third kappa shape index (κ3) is 9.77. The Kier molecular flexibility index (Phi) is 12.3. The number of benzene rings is 4. The predicted octanol–water partition coefficient (Wildman–Crippen LogP) is 6.32. The van der Waals surface area contributed by atoms with Gasteiger partial charge in [0.25, 0.3) is 15.7 Å². The SMILES string of the molecule is COc1cccc(CN(C(=O)CN(c2cc(Cl)ccc2OC)S(=O)(=O)c2ccc(C)c([N+](=O)[O-])c2)C(Cc2ccccc2)C(=O)NC(C)(C)C)c1. The molecule has 0 saturated heterocycles. The molecule has 2 amide bonds. The van der Waals surface area contributed by atoms with Crippen LogP contribution in [0.2, 0.25) is 5.02 Å². The maximum atomic E-state index is 14.8. The largest absolute Gasteiger partial charge is 0.497 e. The number of hydrogen-bond donors (Lipinski definition) is 1. The fourth-order valence-electron chi connectivity index (χ4n) is 5.42. The molecule has 0 aliphatic heterocycles. The summed E-state index contributed by atoms with van der Waals surface area (Å²) in [6.07, 6.45) is 0.107. The van der Waals surface area contributed by atoms with E-state index in [1.165, 1.54) is 56.4 Å². The summed E-state index contributed by atoms with van der Waals surface area (Å²) in [5.74, 6) is -0.600. The van der Waals surface area contributed by atoms with E-state index in [1.807, 2.05) is 51.1 Å². The maximum Gasteiger partial charge on any atom is 0.273 e. The number of ether oxygens (including phenoxy) is 2. The van der Waals surface area contributed by atoms with E-state index >= 15 is 0 Å². The van der Waals surface area contributed by atoms with Gasteiger partial charge in [0, 0.05) is 35.2 Å². The monoisotopic (exact) mass is 736 g/mol. The van der Waals surface area contributed by atoms with Crippen LogP contribution in [0.5, 0.6) is 11.5 Å². The summed E-state index contributed by atoms with van der Waals surface area (Å²) < 4.78 is 40.7. The van der Waals surface area contributed by atoms with Gasteiger partial charge in [-0.05, 0) is 75.2 Å². The van der Waals surface area contributed by atoms with Gasteiger partial charge in [0.05, 0.1) is 29.7 Å². The molecule has 0 spiro atoms. The van der Waals surface area contributed by atoms with E-state index in [4.69, 9.17) is 21.1 Å². The van der Waals surface area contributed by atoms with Crippen LogP contribution in [0.15, 0.2) is 95.9 Å². The van der Waals surface area contributed by atoms with E-state index in [0.717, 1.165) is 15.9 Å². The third-order valence-electron chi connectivity index (χ3n) is 7.91. The third-order valence-corrected chi connectivity index (χ3v) is 9.90. The molecule has 0 aliphatic rings. The van der Waals surface area contributed by atoms with Crippen LogP contribution in [-0.2, 0) is 32.6 Å². The number of amides is 2. The van der Waals surface area contributed by atoms with Gasteiger partial charge in [0.2, 0.25) is 11.8 Å². The zero-order valence-corrected chi connectivity index (χ0v) is 30.8. The molecule has 1 atom stereocenters. The topological polar surface area (TPSA) is 148 Å². The number of halogens is 1. The van der Waals surface area contributed by atoms with Crippen LogP contribution >= 0.6 is 11.6 Å². The minimum atomic E-state index is -4.70. The number of nitrogens with one attached hydrogen (secondary N) is 1.